The van der Waals surface area contributed by atoms with Crippen LogP contribution in [0.3, 0.4) is 0 Å². The van der Waals surface area contributed by atoms with E-state index in [1.165, 1.54) is 0 Å². The van der Waals surface area contributed by atoms with Crippen LogP contribution in [0.5, 0.6) is 5.75 Å². The van der Waals surface area contributed by atoms with Gasteiger partial charge in [0.15, 0.2) is 17.2 Å². The molecule has 5 aromatic rings. The van der Waals surface area contributed by atoms with Gasteiger partial charge in [-0.25, -0.2) is 24.6 Å². The van der Waals surface area contributed by atoms with E-state index in [2.05, 4.69) is 36.7 Å². The number of benzene rings is 2. The molecule has 0 aliphatic carbocycles. The molecule has 6 rings (SSSR count). The summed E-state index contributed by atoms with van der Waals surface area (Å²) in [7, 11) is 0. The molecule has 0 spiro atoms. The van der Waals surface area contributed by atoms with Gasteiger partial charge < -0.3 is 10.1 Å². The molecule has 3 aromatic heterocycles. The first-order valence-electron chi connectivity index (χ1n) is 12.1. The van der Waals surface area contributed by atoms with Gasteiger partial charge in [0.05, 0.1) is 42.5 Å². The minimum atomic E-state index is 0.204. The summed E-state index contributed by atoms with van der Waals surface area (Å²) in [6.45, 7) is 2.40. The van der Waals surface area contributed by atoms with Gasteiger partial charge in [-0.3, -0.25) is 0 Å². The van der Waals surface area contributed by atoms with Crippen LogP contribution >= 0.6 is 0 Å². The number of fused-ring (bicyclic) bond motifs is 1. The molecule has 4 heterocycles. The molecule has 0 amide bonds. The van der Waals surface area contributed by atoms with Crippen LogP contribution in [0.1, 0.15) is 24.0 Å². The SMILES string of the molecule is N#Cc1cccc(-c2cnc3nnn(Cc4cccc(-c5ncc(OC6CCNCC6)cn5)c4)c3n2)c1. The lowest BCUT2D eigenvalue weighted by Crippen LogP contribution is -2.34. The third-order valence-corrected chi connectivity index (χ3v) is 6.25. The fourth-order valence-corrected chi connectivity index (χ4v) is 4.36. The predicted molar refractivity (Wildman–Crippen MR) is 136 cm³/mol. The molecule has 10 heteroatoms. The Morgan fingerprint density at radius 1 is 0.973 bits per heavy atom. The van der Waals surface area contributed by atoms with Crippen LogP contribution in [-0.2, 0) is 6.54 Å². The zero-order valence-corrected chi connectivity index (χ0v) is 19.9. The van der Waals surface area contributed by atoms with Crippen LogP contribution in [0.2, 0.25) is 0 Å². The number of nitriles is 1. The van der Waals surface area contributed by atoms with Gasteiger partial charge in [0, 0.05) is 11.1 Å². The number of nitrogens with one attached hydrogen (secondary N) is 1. The molecule has 0 unspecified atom stereocenters. The number of hydrogen-bond acceptors (Lipinski definition) is 9. The summed E-state index contributed by atoms with van der Waals surface area (Å²) in [5, 5.41) is 21.0. The Morgan fingerprint density at radius 3 is 2.62 bits per heavy atom. The fraction of sp³-hybridized carbons (Fsp3) is 0.222. The number of aromatic nitrogens is 7. The summed E-state index contributed by atoms with van der Waals surface area (Å²) in [5.74, 6) is 1.32. The highest BCUT2D eigenvalue weighted by molar-refractivity contribution is 5.70. The lowest BCUT2D eigenvalue weighted by atomic mass is 10.1. The highest BCUT2D eigenvalue weighted by Crippen LogP contribution is 2.22. The van der Waals surface area contributed by atoms with Crippen molar-refractivity contribution in [2.45, 2.75) is 25.5 Å². The van der Waals surface area contributed by atoms with Crippen molar-refractivity contribution in [1.82, 2.24) is 40.2 Å². The molecule has 0 bridgehead atoms. The molecule has 1 saturated heterocycles. The summed E-state index contributed by atoms with van der Waals surface area (Å²) in [4.78, 5) is 18.2. The van der Waals surface area contributed by atoms with Crippen LogP contribution in [-0.4, -0.2) is 54.1 Å². The standard InChI is InChI=1S/C27H23N9O/c28-13-18-3-1-5-20(11-18)24-16-32-26-27(33-24)36(35-34-26)17-19-4-2-6-21(12-19)25-30-14-23(15-31-25)37-22-7-9-29-10-8-22/h1-6,11-12,14-16,22,29H,7-10,17H2. The highest BCUT2D eigenvalue weighted by Gasteiger charge is 2.15. The van der Waals surface area contributed by atoms with Crippen molar-refractivity contribution in [3.8, 4) is 34.5 Å². The molecular formula is C27H23N9O. The van der Waals surface area contributed by atoms with E-state index in [0.29, 0.717) is 40.7 Å². The van der Waals surface area contributed by atoms with Crippen molar-refractivity contribution in [3.63, 3.8) is 0 Å². The Balaban J connectivity index is 1.22. The number of ether oxygens (including phenoxy) is 1. The number of rotatable bonds is 6. The van der Waals surface area contributed by atoms with E-state index in [0.717, 1.165) is 42.6 Å². The zero-order valence-electron chi connectivity index (χ0n) is 19.9. The maximum Gasteiger partial charge on any atom is 0.221 e. The van der Waals surface area contributed by atoms with Gasteiger partial charge in [-0.05, 0) is 49.7 Å². The second-order valence-corrected chi connectivity index (χ2v) is 8.85. The van der Waals surface area contributed by atoms with Crippen molar-refractivity contribution in [3.05, 3.63) is 78.2 Å². The molecular weight excluding hydrogens is 466 g/mol. The van der Waals surface area contributed by atoms with Crippen LogP contribution < -0.4 is 10.1 Å². The first kappa shape index (κ1) is 22.7. The van der Waals surface area contributed by atoms with Crippen molar-refractivity contribution in [2.75, 3.05) is 13.1 Å². The molecule has 0 radical (unpaired) electrons. The molecule has 2 aromatic carbocycles. The van der Waals surface area contributed by atoms with Crippen molar-refractivity contribution in [2.24, 2.45) is 0 Å². The van der Waals surface area contributed by atoms with Crippen LogP contribution in [0, 0.1) is 11.3 Å². The molecule has 1 N–H and O–H groups in total. The van der Waals surface area contributed by atoms with E-state index in [1.54, 1.807) is 35.4 Å². The smallest absolute Gasteiger partial charge is 0.221 e. The molecule has 37 heavy (non-hydrogen) atoms. The van der Waals surface area contributed by atoms with Gasteiger partial charge in [-0.15, -0.1) is 5.10 Å². The second kappa shape index (κ2) is 10.1. The Labute approximate surface area is 213 Å². The van der Waals surface area contributed by atoms with Gasteiger partial charge in [0.25, 0.3) is 0 Å². The van der Waals surface area contributed by atoms with E-state index < -0.39 is 0 Å². The maximum absolute atomic E-state index is 9.21. The fourth-order valence-electron chi connectivity index (χ4n) is 4.36. The molecule has 0 atom stereocenters. The third-order valence-electron chi connectivity index (χ3n) is 6.25. The van der Waals surface area contributed by atoms with E-state index in [4.69, 9.17) is 9.72 Å². The number of hydrogen-bond donors (Lipinski definition) is 1. The highest BCUT2D eigenvalue weighted by atomic mass is 16.5. The topological polar surface area (TPSA) is 127 Å². The van der Waals surface area contributed by atoms with Crippen LogP contribution in [0.4, 0.5) is 0 Å². The molecule has 182 valence electrons. The summed E-state index contributed by atoms with van der Waals surface area (Å²) in [6.07, 6.45) is 7.29. The Kier molecular flexibility index (Phi) is 6.19. The van der Waals surface area contributed by atoms with Crippen LogP contribution in [0.15, 0.2) is 67.1 Å². The minimum Gasteiger partial charge on any atom is -0.487 e. The van der Waals surface area contributed by atoms with Gasteiger partial charge in [-0.2, -0.15) is 5.26 Å². The largest absolute Gasteiger partial charge is 0.487 e. The zero-order chi connectivity index (χ0) is 25.0. The summed E-state index contributed by atoms with van der Waals surface area (Å²) in [6, 6.07) is 17.4. The first-order chi connectivity index (χ1) is 18.2. The second-order valence-electron chi connectivity index (χ2n) is 8.85. The minimum absolute atomic E-state index is 0.204. The average molecular weight is 490 g/mol. The summed E-state index contributed by atoms with van der Waals surface area (Å²) >= 11 is 0. The van der Waals surface area contributed by atoms with E-state index in [-0.39, 0.29) is 6.10 Å². The number of piperidine rings is 1. The van der Waals surface area contributed by atoms with Crippen molar-refractivity contribution < 1.29 is 4.74 Å². The van der Waals surface area contributed by atoms with Crippen molar-refractivity contribution >= 4 is 11.3 Å². The summed E-state index contributed by atoms with van der Waals surface area (Å²) < 4.78 is 7.74. The van der Waals surface area contributed by atoms with E-state index in [9.17, 15) is 5.26 Å². The van der Waals surface area contributed by atoms with E-state index >= 15 is 0 Å². The van der Waals surface area contributed by atoms with Gasteiger partial charge in [0.2, 0.25) is 5.65 Å². The number of nitrogens with zero attached hydrogens (tertiary/aromatic N) is 8. The maximum atomic E-state index is 9.21. The van der Waals surface area contributed by atoms with E-state index in [1.807, 2.05) is 36.4 Å². The van der Waals surface area contributed by atoms with Crippen molar-refractivity contribution in [1.29, 1.82) is 5.26 Å². The van der Waals surface area contributed by atoms with Gasteiger partial charge in [0.1, 0.15) is 6.10 Å². The van der Waals surface area contributed by atoms with Gasteiger partial charge >= 0.3 is 0 Å². The monoisotopic (exact) mass is 489 g/mol. The Morgan fingerprint density at radius 2 is 1.78 bits per heavy atom. The lowest BCUT2D eigenvalue weighted by molar-refractivity contribution is 0.161. The summed E-state index contributed by atoms with van der Waals surface area (Å²) in [5.41, 5.74) is 4.97. The quantitative estimate of drug-likeness (QED) is 0.382. The molecule has 0 saturated carbocycles. The molecule has 1 aliphatic heterocycles. The predicted octanol–water partition coefficient (Wildman–Crippen LogP) is 3.40. The third kappa shape index (κ3) is 4.98. The lowest BCUT2D eigenvalue weighted by Gasteiger charge is -2.23. The average Bonchev–Trinajstić information content (AvgIpc) is 3.36. The van der Waals surface area contributed by atoms with Gasteiger partial charge in [-0.1, -0.05) is 35.5 Å². The molecule has 10 nitrogen and oxygen atoms in total. The normalized spacial score (nSPS) is 13.9. The molecule has 1 aliphatic rings. The first-order valence-corrected chi connectivity index (χ1v) is 12.1. The molecule has 1 fully saturated rings. The Bertz CT molecular complexity index is 1580. The Hall–Kier alpha value is -4.75. The van der Waals surface area contributed by atoms with Crippen LogP contribution in [0.25, 0.3) is 33.9 Å².